The fourth-order valence-electron chi connectivity index (χ4n) is 4.70. The van der Waals surface area contributed by atoms with E-state index < -0.39 is 0 Å². The summed E-state index contributed by atoms with van der Waals surface area (Å²) < 4.78 is 0. The van der Waals surface area contributed by atoms with Gasteiger partial charge in [-0.2, -0.15) is 0 Å². The summed E-state index contributed by atoms with van der Waals surface area (Å²) in [6.07, 6.45) is 7.62. The minimum absolute atomic E-state index is 0.0278. The quantitative estimate of drug-likeness (QED) is 0.709. The summed E-state index contributed by atoms with van der Waals surface area (Å²) in [5, 5.41) is 2.57. The molecular weight excluding hydrogens is 214 g/mol. The van der Waals surface area contributed by atoms with Crippen LogP contribution in [-0.2, 0) is 9.59 Å². The molecule has 3 heteroatoms. The third kappa shape index (κ3) is 1.71. The Balaban J connectivity index is 1.86. The minimum Gasteiger partial charge on any atom is -0.296 e. The zero-order chi connectivity index (χ0) is 12.0. The summed E-state index contributed by atoms with van der Waals surface area (Å²) in [6.45, 7) is 2.23. The molecule has 1 aliphatic heterocycles. The van der Waals surface area contributed by atoms with Crippen molar-refractivity contribution in [2.45, 2.75) is 51.9 Å². The zero-order valence-corrected chi connectivity index (χ0v) is 10.5. The molecule has 2 saturated carbocycles. The number of amides is 2. The van der Waals surface area contributed by atoms with E-state index in [9.17, 15) is 9.59 Å². The first-order valence-corrected chi connectivity index (χ1v) is 6.94. The van der Waals surface area contributed by atoms with Gasteiger partial charge in [-0.15, -0.1) is 0 Å². The van der Waals surface area contributed by atoms with E-state index in [2.05, 4.69) is 12.2 Å². The SMILES string of the molecule is CC1CC2(CC(=O)NC(=O)C2C2CCCC2)C1. The molecule has 0 radical (unpaired) electrons. The van der Waals surface area contributed by atoms with Gasteiger partial charge in [-0.1, -0.05) is 19.8 Å². The maximum atomic E-state index is 12.2. The molecule has 0 aromatic carbocycles. The molecule has 3 rings (SSSR count). The Morgan fingerprint density at radius 2 is 1.82 bits per heavy atom. The summed E-state index contributed by atoms with van der Waals surface area (Å²) in [4.78, 5) is 23.8. The number of hydrogen-bond donors (Lipinski definition) is 1. The predicted molar refractivity (Wildman–Crippen MR) is 64.0 cm³/mol. The molecule has 94 valence electrons. The summed E-state index contributed by atoms with van der Waals surface area (Å²) in [6, 6.07) is 0. The first kappa shape index (κ1) is 11.2. The lowest BCUT2D eigenvalue weighted by Gasteiger charge is -2.54. The van der Waals surface area contributed by atoms with Crippen LogP contribution < -0.4 is 5.32 Å². The standard InChI is InChI=1S/C14H21NO2/c1-9-6-14(7-9)8-11(16)15-13(17)12(14)10-4-2-3-5-10/h9-10,12H,2-8H2,1H3,(H,15,16,17). The molecule has 17 heavy (non-hydrogen) atoms. The number of carbonyl (C=O) groups excluding carboxylic acids is 2. The van der Waals surface area contributed by atoms with Crippen LogP contribution in [0.5, 0.6) is 0 Å². The normalized spacial score (nSPS) is 42.6. The van der Waals surface area contributed by atoms with Gasteiger partial charge in [0.05, 0.1) is 0 Å². The first-order valence-electron chi connectivity index (χ1n) is 6.94. The van der Waals surface area contributed by atoms with Crippen molar-refractivity contribution >= 4 is 11.8 Å². The van der Waals surface area contributed by atoms with Gasteiger partial charge < -0.3 is 0 Å². The molecule has 1 spiro atoms. The maximum absolute atomic E-state index is 12.2. The molecule has 2 amide bonds. The minimum atomic E-state index is -0.0452. The predicted octanol–water partition coefficient (Wildman–Crippen LogP) is 2.26. The highest BCUT2D eigenvalue weighted by atomic mass is 16.2. The van der Waals surface area contributed by atoms with Crippen molar-refractivity contribution in [3.05, 3.63) is 0 Å². The summed E-state index contributed by atoms with van der Waals surface area (Å²) >= 11 is 0. The number of imide groups is 1. The second-order valence-electron chi connectivity index (χ2n) is 6.49. The van der Waals surface area contributed by atoms with E-state index in [0.717, 1.165) is 12.8 Å². The van der Waals surface area contributed by atoms with Gasteiger partial charge >= 0.3 is 0 Å². The van der Waals surface area contributed by atoms with Gasteiger partial charge in [0.1, 0.15) is 0 Å². The van der Waals surface area contributed by atoms with Crippen LogP contribution in [-0.4, -0.2) is 11.8 Å². The van der Waals surface area contributed by atoms with Gasteiger partial charge in [-0.25, -0.2) is 0 Å². The molecular formula is C14H21NO2. The number of hydrogen-bond acceptors (Lipinski definition) is 2. The van der Waals surface area contributed by atoms with Gasteiger partial charge in [0.25, 0.3) is 0 Å². The molecule has 1 N–H and O–H groups in total. The fourth-order valence-corrected chi connectivity index (χ4v) is 4.70. The van der Waals surface area contributed by atoms with Crippen LogP contribution in [0.3, 0.4) is 0 Å². The van der Waals surface area contributed by atoms with Crippen LogP contribution in [0.2, 0.25) is 0 Å². The second kappa shape index (κ2) is 3.82. The molecule has 0 bridgehead atoms. The average molecular weight is 235 g/mol. The number of carbonyl (C=O) groups is 2. The molecule has 3 nitrogen and oxygen atoms in total. The Bertz CT molecular complexity index is 351. The van der Waals surface area contributed by atoms with Crippen molar-refractivity contribution in [3.8, 4) is 0 Å². The van der Waals surface area contributed by atoms with Crippen molar-refractivity contribution in [3.63, 3.8) is 0 Å². The monoisotopic (exact) mass is 235 g/mol. The summed E-state index contributed by atoms with van der Waals surface area (Å²) in [5.41, 5.74) is 0.0356. The number of piperidine rings is 1. The Morgan fingerprint density at radius 3 is 2.41 bits per heavy atom. The van der Waals surface area contributed by atoms with Crippen LogP contribution in [0.25, 0.3) is 0 Å². The highest BCUT2D eigenvalue weighted by molar-refractivity contribution is 6.00. The van der Waals surface area contributed by atoms with Crippen LogP contribution in [0.1, 0.15) is 51.9 Å². The third-order valence-corrected chi connectivity index (χ3v) is 5.10. The van der Waals surface area contributed by atoms with Crippen LogP contribution in [0.4, 0.5) is 0 Å². The number of nitrogens with one attached hydrogen (secondary N) is 1. The first-order chi connectivity index (χ1) is 8.11. The topological polar surface area (TPSA) is 46.2 Å². The smallest absolute Gasteiger partial charge is 0.230 e. The van der Waals surface area contributed by atoms with Gasteiger partial charge in [-0.3, -0.25) is 14.9 Å². The highest BCUT2D eigenvalue weighted by Gasteiger charge is 2.56. The van der Waals surface area contributed by atoms with E-state index in [1.54, 1.807) is 0 Å². The van der Waals surface area contributed by atoms with Crippen molar-refractivity contribution in [1.29, 1.82) is 0 Å². The molecule has 1 atom stereocenters. The van der Waals surface area contributed by atoms with Crippen molar-refractivity contribution in [2.24, 2.45) is 23.2 Å². The second-order valence-corrected chi connectivity index (χ2v) is 6.49. The van der Waals surface area contributed by atoms with Gasteiger partial charge in [0.2, 0.25) is 11.8 Å². The van der Waals surface area contributed by atoms with E-state index in [1.807, 2.05) is 0 Å². The lowest BCUT2D eigenvalue weighted by Crippen LogP contribution is -2.58. The van der Waals surface area contributed by atoms with Crippen molar-refractivity contribution in [2.75, 3.05) is 0 Å². The molecule has 1 heterocycles. The van der Waals surface area contributed by atoms with Crippen molar-refractivity contribution in [1.82, 2.24) is 5.32 Å². The largest absolute Gasteiger partial charge is 0.296 e. The van der Waals surface area contributed by atoms with Gasteiger partial charge in [0, 0.05) is 12.3 Å². The van der Waals surface area contributed by atoms with E-state index >= 15 is 0 Å². The Labute approximate surface area is 102 Å². The van der Waals surface area contributed by atoms with Crippen LogP contribution in [0, 0.1) is 23.2 Å². The van der Waals surface area contributed by atoms with E-state index in [-0.39, 0.29) is 23.1 Å². The summed E-state index contributed by atoms with van der Waals surface area (Å²) in [7, 11) is 0. The molecule has 0 aromatic rings. The molecule has 3 fully saturated rings. The van der Waals surface area contributed by atoms with Crippen LogP contribution >= 0.6 is 0 Å². The highest BCUT2D eigenvalue weighted by Crippen LogP contribution is 2.58. The molecule has 3 aliphatic rings. The molecule has 0 aromatic heterocycles. The van der Waals surface area contributed by atoms with Crippen molar-refractivity contribution < 1.29 is 9.59 Å². The van der Waals surface area contributed by atoms with E-state index in [4.69, 9.17) is 0 Å². The third-order valence-electron chi connectivity index (χ3n) is 5.10. The zero-order valence-electron chi connectivity index (χ0n) is 10.5. The van der Waals surface area contributed by atoms with Gasteiger partial charge in [-0.05, 0) is 42.9 Å². The summed E-state index contributed by atoms with van der Waals surface area (Å²) in [5.74, 6) is 1.34. The van der Waals surface area contributed by atoms with Crippen LogP contribution in [0.15, 0.2) is 0 Å². The fraction of sp³-hybridized carbons (Fsp3) is 0.857. The van der Waals surface area contributed by atoms with E-state index in [1.165, 1.54) is 25.7 Å². The van der Waals surface area contributed by atoms with E-state index in [0.29, 0.717) is 18.3 Å². The average Bonchev–Trinajstić information content (AvgIpc) is 2.67. The maximum Gasteiger partial charge on any atom is 0.230 e. The molecule has 1 saturated heterocycles. The Kier molecular flexibility index (Phi) is 2.53. The molecule has 2 aliphatic carbocycles. The molecule has 1 unspecified atom stereocenters. The Morgan fingerprint density at radius 1 is 1.18 bits per heavy atom. The lowest BCUT2D eigenvalue weighted by molar-refractivity contribution is -0.155. The lowest BCUT2D eigenvalue weighted by atomic mass is 9.51. The van der Waals surface area contributed by atoms with Gasteiger partial charge in [0.15, 0.2) is 0 Å². The Hall–Kier alpha value is -0.860. The number of rotatable bonds is 1.